The van der Waals surface area contributed by atoms with Gasteiger partial charge in [-0.3, -0.25) is 9.59 Å². The van der Waals surface area contributed by atoms with Gasteiger partial charge in [-0.15, -0.1) is 5.10 Å². The lowest BCUT2D eigenvalue weighted by Crippen LogP contribution is -2.28. The van der Waals surface area contributed by atoms with Crippen molar-refractivity contribution < 1.29 is 19.4 Å². The first-order chi connectivity index (χ1) is 18.1. The standard InChI is InChI=1S/C27H28N6O4/c1-2-28-26(35)19-11-13-22(14-12-19)33-24(25(31-32-33)27(36)29-15-16-34)18-37-23-10-6-9-21(17-23)30-20-7-4-3-5-8-20/h3-14,17,30,34H,2,15-16,18H2,1H3,(H,28,35)(H,29,36). The highest BCUT2D eigenvalue weighted by atomic mass is 16.5. The van der Waals surface area contributed by atoms with Crippen molar-refractivity contribution >= 4 is 23.2 Å². The molecule has 0 aliphatic carbocycles. The van der Waals surface area contributed by atoms with E-state index < -0.39 is 5.91 Å². The van der Waals surface area contributed by atoms with E-state index in [0.717, 1.165) is 11.4 Å². The zero-order valence-electron chi connectivity index (χ0n) is 20.3. The van der Waals surface area contributed by atoms with Crippen LogP contribution in [0.4, 0.5) is 11.4 Å². The van der Waals surface area contributed by atoms with Gasteiger partial charge in [-0.25, -0.2) is 4.68 Å². The lowest BCUT2D eigenvalue weighted by Gasteiger charge is -2.12. The minimum atomic E-state index is -0.475. The van der Waals surface area contributed by atoms with Gasteiger partial charge >= 0.3 is 0 Å². The number of benzene rings is 3. The number of carbonyl (C=O) groups excluding carboxylic acids is 2. The molecule has 10 nitrogen and oxygen atoms in total. The highest BCUT2D eigenvalue weighted by molar-refractivity contribution is 5.94. The molecule has 3 aromatic carbocycles. The second-order valence-corrected chi connectivity index (χ2v) is 7.99. The Morgan fingerprint density at radius 3 is 2.41 bits per heavy atom. The molecule has 2 amide bonds. The van der Waals surface area contributed by atoms with Gasteiger partial charge in [0.15, 0.2) is 5.69 Å². The molecule has 0 fully saturated rings. The number of nitrogens with zero attached hydrogens (tertiary/aromatic N) is 3. The van der Waals surface area contributed by atoms with Crippen molar-refractivity contribution in [3.63, 3.8) is 0 Å². The van der Waals surface area contributed by atoms with E-state index >= 15 is 0 Å². The van der Waals surface area contributed by atoms with Crippen molar-refractivity contribution in [2.45, 2.75) is 13.5 Å². The van der Waals surface area contributed by atoms with Crippen molar-refractivity contribution in [2.24, 2.45) is 0 Å². The second-order valence-electron chi connectivity index (χ2n) is 7.99. The number of carbonyl (C=O) groups is 2. The molecule has 0 saturated carbocycles. The number of aliphatic hydroxyl groups excluding tert-OH is 1. The molecule has 10 heteroatoms. The summed E-state index contributed by atoms with van der Waals surface area (Å²) < 4.78 is 7.55. The van der Waals surface area contributed by atoms with Crippen LogP contribution in [-0.4, -0.2) is 51.6 Å². The Kier molecular flexibility index (Phi) is 8.45. The lowest BCUT2D eigenvalue weighted by atomic mass is 10.2. The predicted molar refractivity (Wildman–Crippen MR) is 139 cm³/mol. The number of rotatable bonds is 11. The summed E-state index contributed by atoms with van der Waals surface area (Å²) in [5.41, 5.74) is 3.41. The van der Waals surface area contributed by atoms with Crippen LogP contribution in [0.5, 0.6) is 5.75 Å². The molecule has 0 bridgehead atoms. The third-order valence-electron chi connectivity index (χ3n) is 5.36. The topological polar surface area (TPSA) is 130 Å². The number of aromatic nitrogens is 3. The lowest BCUT2D eigenvalue weighted by molar-refractivity contribution is 0.0934. The fraction of sp³-hybridized carbons (Fsp3) is 0.185. The Bertz CT molecular complexity index is 1340. The normalized spacial score (nSPS) is 10.5. The molecule has 0 radical (unpaired) electrons. The Balaban J connectivity index is 1.57. The van der Waals surface area contributed by atoms with Gasteiger partial charge in [0.1, 0.15) is 18.1 Å². The van der Waals surface area contributed by atoms with Crippen molar-refractivity contribution in [3.05, 3.63) is 95.8 Å². The summed E-state index contributed by atoms with van der Waals surface area (Å²) in [6.45, 7) is 2.26. The summed E-state index contributed by atoms with van der Waals surface area (Å²) in [5, 5.41) is 26.0. The highest BCUT2D eigenvalue weighted by Gasteiger charge is 2.21. The Hall–Kier alpha value is -4.70. The maximum Gasteiger partial charge on any atom is 0.274 e. The molecule has 190 valence electrons. The number of anilines is 2. The number of amides is 2. The van der Waals surface area contributed by atoms with E-state index in [-0.39, 0.29) is 31.4 Å². The van der Waals surface area contributed by atoms with Gasteiger partial charge in [-0.2, -0.15) is 0 Å². The SMILES string of the molecule is CCNC(=O)c1ccc(-n2nnc(C(=O)NCCO)c2COc2cccc(Nc3ccccc3)c2)cc1. The van der Waals surface area contributed by atoms with Gasteiger partial charge in [-0.1, -0.05) is 29.5 Å². The average molecular weight is 501 g/mol. The van der Waals surface area contributed by atoms with Crippen LogP contribution in [0.3, 0.4) is 0 Å². The highest BCUT2D eigenvalue weighted by Crippen LogP contribution is 2.23. The summed E-state index contributed by atoms with van der Waals surface area (Å²) in [7, 11) is 0. The number of ether oxygens (including phenoxy) is 1. The van der Waals surface area contributed by atoms with Crippen molar-refractivity contribution in [1.29, 1.82) is 0 Å². The Labute approximate surface area is 214 Å². The molecule has 1 heterocycles. The van der Waals surface area contributed by atoms with Crippen molar-refractivity contribution in [3.8, 4) is 11.4 Å². The van der Waals surface area contributed by atoms with Crippen LogP contribution in [0.2, 0.25) is 0 Å². The molecule has 4 N–H and O–H groups in total. The van der Waals surface area contributed by atoms with E-state index in [1.165, 1.54) is 4.68 Å². The van der Waals surface area contributed by atoms with Gasteiger partial charge in [-0.05, 0) is 55.5 Å². The second kappa shape index (κ2) is 12.3. The molecule has 1 aromatic heterocycles. The van der Waals surface area contributed by atoms with Gasteiger partial charge in [0.25, 0.3) is 11.8 Å². The van der Waals surface area contributed by atoms with Gasteiger partial charge in [0.05, 0.1) is 12.3 Å². The molecule has 0 aliphatic rings. The van der Waals surface area contributed by atoms with E-state index in [0.29, 0.717) is 29.2 Å². The first kappa shape index (κ1) is 25.4. The zero-order chi connectivity index (χ0) is 26.0. The van der Waals surface area contributed by atoms with Crippen LogP contribution in [0.25, 0.3) is 5.69 Å². The fourth-order valence-electron chi connectivity index (χ4n) is 3.59. The number of para-hydroxylation sites is 1. The van der Waals surface area contributed by atoms with Crippen LogP contribution in [-0.2, 0) is 6.61 Å². The number of hydrogen-bond donors (Lipinski definition) is 4. The summed E-state index contributed by atoms with van der Waals surface area (Å²) in [6.07, 6.45) is 0. The minimum absolute atomic E-state index is 0.00173. The molecule has 4 aromatic rings. The zero-order valence-corrected chi connectivity index (χ0v) is 20.3. The number of aliphatic hydroxyl groups is 1. The molecule has 0 spiro atoms. The van der Waals surface area contributed by atoms with Crippen LogP contribution < -0.4 is 20.7 Å². The third-order valence-corrected chi connectivity index (χ3v) is 5.36. The molecule has 0 saturated heterocycles. The number of hydrogen-bond acceptors (Lipinski definition) is 7. The summed E-state index contributed by atoms with van der Waals surface area (Å²) in [6, 6.07) is 24.0. The monoisotopic (exact) mass is 500 g/mol. The molecule has 4 rings (SSSR count). The van der Waals surface area contributed by atoms with Crippen LogP contribution >= 0.6 is 0 Å². The van der Waals surface area contributed by atoms with E-state index in [4.69, 9.17) is 9.84 Å². The molecular weight excluding hydrogens is 472 g/mol. The summed E-state index contributed by atoms with van der Waals surface area (Å²) in [4.78, 5) is 24.8. The Morgan fingerprint density at radius 1 is 0.919 bits per heavy atom. The molecule has 0 unspecified atom stereocenters. The summed E-state index contributed by atoms with van der Waals surface area (Å²) in [5.74, 6) is -0.0661. The molecule has 37 heavy (non-hydrogen) atoms. The number of nitrogens with one attached hydrogen (secondary N) is 3. The molecular formula is C27H28N6O4. The first-order valence-electron chi connectivity index (χ1n) is 11.9. The molecule has 0 aliphatic heterocycles. The quantitative estimate of drug-likeness (QED) is 0.249. The molecule has 0 atom stereocenters. The largest absolute Gasteiger partial charge is 0.487 e. The minimum Gasteiger partial charge on any atom is -0.487 e. The predicted octanol–water partition coefficient (Wildman–Crippen LogP) is 3.06. The van der Waals surface area contributed by atoms with E-state index in [1.54, 1.807) is 24.3 Å². The van der Waals surface area contributed by atoms with Gasteiger partial charge in [0.2, 0.25) is 0 Å². The van der Waals surface area contributed by atoms with Crippen LogP contribution in [0.1, 0.15) is 33.5 Å². The maximum absolute atomic E-state index is 12.7. The van der Waals surface area contributed by atoms with Crippen molar-refractivity contribution in [2.75, 3.05) is 25.0 Å². The van der Waals surface area contributed by atoms with Crippen molar-refractivity contribution in [1.82, 2.24) is 25.6 Å². The van der Waals surface area contributed by atoms with Crippen LogP contribution in [0, 0.1) is 0 Å². The first-order valence-corrected chi connectivity index (χ1v) is 11.9. The Morgan fingerprint density at radius 2 is 1.68 bits per heavy atom. The fourth-order valence-corrected chi connectivity index (χ4v) is 3.59. The summed E-state index contributed by atoms with van der Waals surface area (Å²) >= 11 is 0. The van der Waals surface area contributed by atoms with E-state index in [1.807, 2.05) is 61.5 Å². The van der Waals surface area contributed by atoms with E-state index in [2.05, 4.69) is 26.3 Å². The van der Waals surface area contributed by atoms with Crippen LogP contribution in [0.15, 0.2) is 78.9 Å². The van der Waals surface area contributed by atoms with Gasteiger partial charge < -0.3 is 25.8 Å². The third kappa shape index (κ3) is 6.50. The maximum atomic E-state index is 12.7. The average Bonchev–Trinajstić information content (AvgIpc) is 3.35. The van der Waals surface area contributed by atoms with E-state index in [9.17, 15) is 9.59 Å². The van der Waals surface area contributed by atoms with Gasteiger partial charge in [0, 0.05) is 36.1 Å². The smallest absolute Gasteiger partial charge is 0.274 e.